The average Bonchev–Trinajstić information content (AvgIpc) is 2.31. The number of benzene rings is 1. The molecule has 1 aromatic carbocycles. The normalized spacial score (nSPS) is 15.2. The van der Waals surface area contributed by atoms with Crippen LogP contribution in [0.5, 0.6) is 0 Å². The molecule has 1 aromatic rings. The van der Waals surface area contributed by atoms with Crippen LogP contribution in [0.15, 0.2) is 18.2 Å². The number of halogens is 2. The molecule has 0 bridgehead atoms. The quantitative estimate of drug-likeness (QED) is 0.759. The van der Waals surface area contributed by atoms with Crippen LogP contribution < -0.4 is 5.32 Å². The maximum atomic E-state index is 13.6. The van der Waals surface area contributed by atoms with Crippen molar-refractivity contribution in [2.75, 3.05) is 6.54 Å². The van der Waals surface area contributed by atoms with Gasteiger partial charge in [-0.25, -0.2) is 4.39 Å². The summed E-state index contributed by atoms with van der Waals surface area (Å²) < 4.78 is 13.6. The molecule has 1 unspecified atom stereocenters. The molecule has 1 rings (SSSR count). The fourth-order valence-electron chi connectivity index (χ4n) is 2.46. The van der Waals surface area contributed by atoms with Gasteiger partial charge in [0, 0.05) is 12.1 Å². The van der Waals surface area contributed by atoms with Crippen molar-refractivity contribution in [2.24, 2.45) is 5.41 Å². The van der Waals surface area contributed by atoms with Gasteiger partial charge in [0.1, 0.15) is 5.82 Å². The fourth-order valence-corrected chi connectivity index (χ4v) is 2.58. The topological polar surface area (TPSA) is 12.0 Å². The highest BCUT2D eigenvalue weighted by atomic mass is 35.5. The lowest BCUT2D eigenvalue weighted by Crippen LogP contribution is -2.43. The van der Waals surface area contributed by atoms with Crippen molar-refractivity contribution >= 4 is 11.6 Å². The molecule has 0 amide bonds. The van der Waals surface area contributed by atoms with E-state index in [9.17, 15) is 4.39 Å². The van der Waals surface area contributed by atoms with E-state index in [-0.39, 0.29) is 21.8 Å². The SMILES string of the molecule is CCCC(C)(CNC(C)(C)C)Cc1ccc(Cl)c(F)c1. The van der Waals surface area contributed by atoms with Crippen molar-refractivity contribution in [1.29, 1.82) is 0 Å². The maximum absolute atomic E-state index is 13.6. The summed E-state index contributed by atoms with van der Waals surface area (Å²) in [6, 6.07) is 5.14. The van der Waals surface area contributed by atoms with Crippen molar-refractivity contribution < 1.29 is 4.39 Å². The molecule has 0 heterocycles. The highest BCUT2D eigenvalue weighted by Gasteiger charge is 2.26. The predicted molar refractivity (Wildman–Crippen MR) is 85.9 cm³/mol. The Morgan fingerprint density at radius 1 is 1.20 bits per heavy atom. The van der Waals surface area contributed by atoms with Gasteiger partial charge in [-0.2, -0.15) is 0 Å². The van der Waals surface area contributed by atoms with Crippen LogP contribution in [0.25, 0.3) is 0 Å². The van der Waals surface area contributed by atoms with Crippen molar-refractivity contribution in [2.45, 2.75) is 59.4 Å². The minimum absolute atomic E-state index is 0.0975. The van der Waals surface area contributed by atoms with Crippen molar-refractivity contribution in [3.8, 4) is 0 Å². The zero-order valence-corrected chi connectivity index (χ0v) is 14.1. The third-order valence-electron chi connectivity index (χ3n) is 3.51. The second-order valence-electron chi connectivity index (χ2n) is 7.09. The second-order valence-corrected chi connectivity index (χ2v) is 7.50. The van der Waals surface area contributed by atoms with E-state index in [1.165, 1.54) is 0 Å². The summed E-state index contributed by atoms with van der Waals surface area (Å²) in [7, 11) is 0. The fraction of sp³-hybridized carbons (Fsp3) is 0.647. The van der Waals surface area contributed by atoms with Crippen LogP contribution in [0.4, 0.5) is 4.39 Å². The summed E-state index contributed by atoms with van der Waals surface area (Å²) in [4.78, 5) is 0. The molecule has 1 N–H and O–H groups in total. The molecule has 0 spiro atoms. The minimum atomic E-state index is -0.327. The van der Waals surface area contributed by atoms with E-state index in [1.807, 2.05) is 6.07 Å². The van der Waals surface area contributed by atoms with Crippen LogP contribution in [0.2, 0.25) is 5.02 Å². The molecule has 0 fully saturated rings. The smallest absolute Gasteiger partial charge is 0.142 e. The van der Waals surface area contributed by atoms with Gasteiger partial charge in [0.25, 0.3) is 0 Å². The summed E-state index contributed by atoms with van der Waals surface area (Å²) in [6.07, 6.45) is 3.09. The standard InChI is InChI=1S/C17H27ClFN/c1-6-9-17(5,12-20-16(2,3)4)11-13-7-8-14(18)15(19)10-13/h7-8,10,20H,6,9,11-12H2,1-5H3. The maximum Gasteiger partial charge on any atom is 0.142 e. The van der Waals surface area contributed by atoms with E-state index < -0.39 is 0 Å². The van der Waals surface area contributed by atoms with E-state index in [0.29, 0.717) is 0 Å². The molecular formula is C17H27ClFN. The Kier molecular flexibility index (Phi) is 6.03. The molecule has 0 aliphatic rings. The number of nitrogens with one attached hydrogen (secondary N) is 1. The Balaban J connectivity index is 2.81. The molecule has 0 radical (unpaired) electrons. The number of hydrogen-bond acceptors (Lipinski definition) is 1. The van der Waals surface area contributed by atoms with E-state index in [4.69, 9.17) is 11.6 Å². The number of rotatable bonds is 6. The largest absolute Gasteiger partial charge is 0.312 e. The van der Waals surface area contributed by atoms with Gasteiger partial charge in [0.15, 0.2) is 0 Å². The number of hydrogen-bond donors (Lipinski definition) is 1. The van der Waals surface area contributed by atoms with Gasteiger partial charge in [0.2, 0.25) is 0 Å². The third-order valence-corrected chi connectivity index (χ3v) is 3.82. The highest BCUT2D eigenvalue weighted by molar-refractivity contribution is 6.30. The molecular weight excluding hydrogens is 273 g/mol. The van der Waals surface area contributed by atoms with Gasteiger partial charge in [-0.3, -0.25) is 0 Å². The van der Waals surface area contributed by atoms with Gasteiger partial charge in [0.05, 0.1) is 5.02 Å². The molecule has 20 heavy (non-hydrogen) atoms. The molecule has 0 aliphatic heterocycles. The van der Waals surface area contributed by atoms with Crippen molar-refractivity contribution in [3.05, 3.63) is 34.6 Å². The van der Waals surface area contributed by atoms with E-state index in [2.05, 4.69) is 39.9 Å². The Morgan fingerprint density at radius 2 is 1.85 bits per heavy atom. The molecule has 0 saturated heterocycles. The molecule has 3 heteroatoms. The molecule has 1 atom stereocenters. The predicted octanol–water partition coefficient (Wildman–Crippen LogP) is 5.22. The highest BCUT2D eigenvalue weighted by Crippen LogP contribution is 2.29. The van der Waals surface area contributed by atoms with Crippen LogP contribution >= 0.6 is 11.6 Å². The zero-order chi connectivity index (χ0) is 15.4. The minimum Gasteiger partial charge on any atom is -0.312 e. The Labute approximate surface area is 127 Å². The Bertz CT molecular complexity index is 439. The third kappa shape index (κ3) is 5.80. The van der Waals surface area contributed by atoms with Crippen LogP contribution in [0.3, 0.4) is 0 Å². The van der Waals surface area contributed by atoms with Crippen molar-refractivity contribution in [1.82, 2.24) is 5.32 Å². The van der Waals surface area contributed by atoms with Crippen molar-refractivity contribution in [3.63, 3.8) is 0 Å². The van der Waals surface area contributed by atoms with Gasteiger partial charge in [-0.1, -0.05) is 37.9 Å². The summed E-state index contributed by atoms with van der Waals surface area (Å²) in [5.74, 6) is -0.327. The zero-order valence-electron chi connectivity index (χ0n) is 13.3. The van der Waals surface area contributed by atoms with Gasteiger partial charge in [-0.15, -0.1) is 0 Å². The van der Waals surface area contributed by atoms with E-state index in [1.54, 1.807) is 12.1 Å². The molecule has 0 saturated carbocycles. The van der Waals surface area contributed by atoms with Gasteiger partial charge in [-0.05, 0) is 56.7 Å². The summed E-state index contributed by atoms with van der Waals surface area (Å²) in [5.41, 5.74) is 1.24. The molecule has 0 aromatic heterocycles. The second kappa shape index (κ2) is 6.91. The molecule has 114 valence electrons. The van der Waals surface area contributed by atoms with Gasteiger partial charge >= 0.3 is 0 Å². The lowest BCUT2D eigenvalue weighted by Gasteiger charge is -2.34. The summed E-state index contributed by atoms with van der Waals surface area (Å²) in [6.45, 7) is 11.9. The first kappa shape index (κ1) is 17.5. The summed E-state index contributed by atoms with van der Waals surface area (Å²) >= 11 is 5.75. The molecule has 0 aliphatic carbocycles. The monoisotopic (exact) mass is 299 g/mol. The Morgan fingerprint density at radius 3 is 2.35 bits per heavy atom. The van der Waals surface area contributed by atoms with Crippen LogP contribution in [0.1, 0.15) is 53.0 Å². The summed E-state index contributed by atoms with van der Waals surface area (Å²) in [5, 5.41) is 3.77. The van der Waals surface area contributed by atoms with Crippen LogP contribution in [-0.4, -0.2) is 12.1 Å². The first-order valence-electron chi connectivity index (χ1n) is 7.34. The van der Waals surface area contributed by atoms with Gasteiger partial charge < -0.3 is 5.32 Å². The van der Waals surface area contributed by atoms with Crippen LogP contribution in [-0.2, 0) is 6.42 Å². The van der Waals surface area contributed by atoms with E-state index in [0.717, 1.165) is 31.4 Å². The lowest BCUT2D eigenvalue weighted by atomic mass is 9.79. The molecule has 1 nitrogen and oxygen atoms in total. The first-order valence-corrected chi connectivity index (χ1v) is 7.72. The first-order chi connectivity index (χ1) is 9.15. The average molecular weight is 300 g/mol. The Hall–Kier alpha value is -0.600. The lowest BCUT2D eigenvalue weighted by molar-refractivity contribution is 0.243. The van der Waals surface area contributed by atoms with E-state index >= 15 is 0 Å². The van der Waals surface area contributed by atoms with Crippen LogP contribution in [0, 0.1) is 11.2 Å².